The number of hydrogen-bond donors (Lipinski definition) is 1. The highest BCUT2D eigenvalue weighted by atomic mass is 16.5. The second-order valence-electron chi connectivity index (χ2n) is 8.71. The number of carbonyl (C=O) groups is 1. The van der Waals surface area contributed by atoms with Gasteiger partial charge in [-0.2, -0.15) is 0 Å². The number of hydrogen-bond acceptors (Lipinski definition) is 6. The highest BCUT2D eigenvalue weighted by Gasteiger charge is 2.23. The number of carbonyl (C=O) groups excluding carboxylic acids is 1. The van der Waals surface area contributed by atoms with E-state index in [2.05, 4.69) is 22.3 Å². The van der Waals surface area contributed by atoms with E-state index < -0.39 is 5.97 Å². The number of nitrogens with one attached hydrogen (secondary N) is 1. The predicted octanol–water partition coefficient (Wildman–Crippen LogP) is 5.58. The molecule has 5 rings (SSSR count). The number of aryl methyl sites for hydroxylation is 1. The van der Waals surface area contributed by atoms with E-state index in [9.17, 15) is 9.59 Å². The highest BCUT2D eigenvalue weighted by Crippen LogP contribution is 2.33. The summed E-state index contributed by atoms with van der Waals surface area (Å²) in [6.45, 7) is 5.35. The fourth-order valence-corrected chi connectivity index (χ4v) is 4.60. The van der Waals surface area contributed by atoms with Gasteiger partial charge in [-0.15, -0.1) is 0 Å². The van der Waals surface area contributed by atoms with Gasteiger partial charge in [-0.1, -0.05) is 42.5 Å². The van der Waals surface area contributed by atoms with Crippen LogP contribution in [0.25, 0.3) is 11.0 Å². The quantitative estimate of drug-likeness (QED) is 0.397. The molecule has 1 N–H and O–H groups in total. The lowest BCUT2D eigenvalue weighted by Crippen LogP contribution is -2.18. The lowest BCUT2D eigenvalue weighted by molar-refractivity contribution is 0.0602. The van der Waals surface area contributed by atoms with Crippen LogP contribution < -0.4 is 15.6 Å². The van der Waals surface area contributed by atoms with E-state index >= 15 is 0 Å². The van der Waals surface area contributed by atoms with Crippen molar-refractivity contribution in [2.45, 2.75) is 33.0 Å². The molecule has 4 aromatic rings. The van der Waals surface area contributed by atoms with Gasteiger partial charge in [0.25, 0.3) is 0 Å². The number of nitrogens with zero attached hydrogens (tertiary/aromatic N) is 1. The number of para-hydroxylation sites is 1. The van der Waals surface area contributed by atoms with E-state index in [1.807, 2.05) is 50.2 Å². The molecular formula is C28H26N2O4. The predicted molar refractivity (Wildman–Crippen MR) is 133 cm³/mol. The Morgan fingerprint density at radius 3 is 2.41 bits per heavy atom. The molecule has 6 heteroatoms. The molecule has 0 saturated heterocycles. The smallest absolute Gasteiger partial charge is 0.339 e. The van der Waals surface area contributed by atoms with Crippen LogP contribution in [0, 0.1) is 6.92 Å². The first-order valence-corrected chi connectivity index (χ1v) is 11.3. The van der Waals surface area contributed by atoms with Gasteiger partial charge in [-0.05, 0) is 48.7 Å². The Hall–Kier alpha value is -4.06. The van der Waals surface area contributed by atoms with Crippen molar-refractivity contribution in [3.05, 3.63) is 105 Å². The molecule has 0 radical (unpaired) electrons. The first-order valence-electron chi connectivity index (χ1n) is 11.3. The van der Waals surface area contributed by atoms with E-state index in [4.69, 9.17) is 9.15 Å². The van der Waals surface area contributed by atoms with Crippen molar-refractivity contribution in [3.63, 3.8) is 0 Å². The second kappa shape index (κ2) is 8.71. The Morgan fingerprint density at radius 2 is 1.71 bits per heavy atom. The number of anilines is 2. The van der Waals surface area contributed by atoms with Crippen molar-refractivity contribution in [1.82, 2.24) is 0 Å². The van der Waals surface area contributed by atoms with E-state index in [1.54, 1.807) is 18.2 Å². The number of methoxy groups -OCH3 is 1. The van der Waals surface area contributed by atoms with Crippen LogP contribution in [0.5, 0.6) is 0 Å². The third-order valence-corrected chi connectivity index (χ3v) is 6.31. The van der Waals surface area contributed by atoms with Crippen molar-refractivity contribution in [3.8, 4) is 0 Å². The average molecular weight is 455 g/mol. The van der Waals surface area contributed by atoms with Crippen LogP contribution in [0.3, 0.4) is 0 Å². The summed E-state index contributed by atoms with van der Waals surface area (Å²) in [5.74, 6) is 0.146. The highest BCUT2D eigenvalue weighted by molar-refractivity contribution is 5.95. The molecule has 0 saturated carbocycles. The van der Waals surface area contributed by atoms with Crippen molar-refractivity contribution >= 4 is 28.5 Å². The molecule has 0 spiro atoms. The number of rotatable bonds is 5. The van der Waals surface area contributed by atoms with Crippen LogP contribution in [0.2, 0.25) is 0 Å². The van der Waals surface area contributed by atoms with Gasteiger partial charge < -0.3 is 19.4 Å². The zero-order valence-electron chi connectivity index (χ0n) is 19.4. The van der Waals surface area contributed by atoms with Gasteiger partial charge in [0, 0.05) is 30.4 Å². The molecule has 172 valence electrons. The molecule has 0 bridgehead atoms. The Balaban J connectivity index is 1.55. The van der Waals surface area contributed by atoms with E-state index in [1.165, 1.54) is 18.2 Å². The van der Waals surface area contributed by atoms with Gasteiger partial charge in [0.2, 0.25) is 5.88 Å². The minimum absolute atomic E-state index is 0.0701. The van der Waals surface area contributed by atoms with Crippen molar-refractivity contribution in [2.24, 2.45) is 0 Å². The molecule has 0 amide bonds. The van der Waals surface area contributed by atoms with Crippen LogP contribution in [0.1, 0.15) is 45.6 Å². The van der Waals surface area contributed by atoms with E-state index in [-0.39, 0.29) is 11.5 Å². The van der Waals surface area contributed by atoms with Gasteiger partial charge in [-0.3, -0.25) is 4.79 Å². The molecule has 0 aliphatic carbocycles. The van der Waals surface area contributed by atoms with Gasteiger partial charge in [-0.25, -0.2) is 4.79 Å². The summed E-state index contributed by atoms with van der Waals surface area (Å²) >= 11 is 0. The van der Waals surface area contributed by atoms with E-state index in [0.29, 0.717) is 41.2 Å². The van der Waals surface area contributed by atoms with Crippen LogP contribution >= 0.6 is 0 Å². The van der Waals surface area contributed by atoms with Crippen LogP contribution in [-0.4, -0.2) is 13.1 Å². The summed E-state index contributed by atoms with van der Waals surface area (Å²) in [5.41, 5.74) is 5.89. The van der Waals surface area contributed by atoms with Gasteiger partial charge in [0.15, 0.2) is 5.43 Å². The number of benzene rings is 3. The normalized spacial score (nSPS) is 13.6. The molecule has 1 atom stereocenters. The fourth-order valence-electron chi connectivity index (χ4n) is 4.60. The molecule has 3 aromatic carbocycles. The topological polar surface area (TPSA) is 71.8 Å². The molecular weight excluding hydrogens is 428 g/mol. The van der Waals surface area contributed by atoms with Crippen molar-refractivity contribution in [2.75, 3.05) is 17.3 Å². The van der Waals surface area contributed by atoms with Crippen LogP contribution in [0.4, 0.5) is 11.6 Å². The van der Waals surface area contributed by atoms with Gasteiger partial charge in [0.1, 0.15) is 5.58 Å². The Kier molecular flexibility index (Phi) is 5.57. The lowest BCUT2D eigenvalue weighted by Gasteiger charge is -2.21. The molecule has 2 heterocycles. The largest absolute Gasteiger partial charge is 0.465 e. The maximum Gasteiger partial charge on any atom is 0.339 e. The second-order valence-corrected chi connectivity index (χ2v) is 8.71. The third-order valence-electron chi connectivity index (χ3n) is 6.31. The number of ether oxygens (including phenoxy) is 1. The van der Waals surface area contributed by atoms with Crippen LogP contribution in [0.15, 0.2) is 75.9 Å². The standard InChI is InChI=1S/C28H26N2O4/c1-17-12-22(18(2)29-24-11-7-6-10-21(24)28(32)33-3)27-23(13-17)25(31)14-26(34-27)30-15-19-8-4-5-9-20(19)16-30/h4-14,18,29H,15-16H2,1-3H3. The summed E-state index contributed by atoms with van der Waals surface area (Å²) in [7, 11) is 1.36. The maximum absolute atomic E-state index is 13.1. The minimum atomic E-state index is -0.410. The first kappa shape index (κ1) is 21.8. The fraction of sp³-hybridized carbons (Fsp3) is 0.214. The zero-order chi connectivity index (χ0) is 23.8. The number of esters is 1. The summed E-state index contributed by atoms with van der Waals surface area (Å²) in [6, 6.07) is 20.7. The molecule has 1 unspecified atom stereocenters. The molecule has 1 aromatic heterocycles. The average Bonchev–Trinajstić information content (AvgIpc) is 3.28. The molecule has 1 aliphatic rings. The van der Waals surface area contributed by atoms with Crippen molar-refractivity contribution in [1.29, 1.82) is 0 Å². The summed E-state index contributed by atoms with van der Waals surface area (Å²) in [4.78, 5) is 27.4. The minimum Gasteiger partial charge on any atom is -0.465 e. The summed E-state index contributed by atoms with van der Waals surface area (Å²) in [6.07, 6.45) is 0. The Labute approximate surface area is 197 Å². The van der Waals surface area contributed by atoms with Gasteiger partial charge >= 0.3 is 5.97 Å². The molecule has 0 fully saturated rings. The van der Waals surface area contributed by atoms with E-state index in [0.717, 1.165) is 11.1 Å². The SMILES string of the molecule is COC(=O)c1ccccc1NC(C)c1cc(C)cc2c(=O)cc(N3Cc4ccccc4C3)oc12. The van der Waals surface area contributed by atoms with Crippen molar-refractivity contribution < 1.29 is 13.9 Å². The summed E-state index contributed by atoms with van der Waals surface area (Å²) < 4.78 is 11.3. The lowest BCUT2D eigenvalue weighted by atomic mass is 10.0. The van der Waals surface area contributed by atoms with Gasteiger partial charge in [0.05, 0.1) is 24.1 Å². The van der Waals surface area contributed by atoms with Crippen LogP contribution in [-0.2, 0) is 17.8 Å². The first-order chi connectivity index (χ1) is 16.4. The Bertz CT molecular complexity index is 1430. The Morgan fingerprint density at radius 1 is 1.03 bits per heavy atom. The zero-order valence-corrected chi connectivity index (χ0v) is 19.4. The molecule has 1 aliphatic heterocycles. The molecule has 6 nitrogen and oxygen atoms in total. The summed E-state index contributed by atoms with van der Waals surface area (Å²) in [5, 5.41) is 3.95. The third kappa shape index (κ3) is 3.92. The monoisotopic (exact) mass is 454 g/mol. The number of fused-ring (bicyclic) bond motifs is 2. The maximum atomic E-state index is 13.1. The molecule has 34 heavy (non-hydrogen) atoms.